The van der Waals surface area contributed by atoms with Crippen molar-refractivity contribution >= 4 is 34.1 Å². The molecular weight excluding hydrogens is 336 g/mol. The average molecular weight is 350 g/mol. The van der Waals surface area contributed by atoms with Crippen LogP contribution < -0.4 is 5.32 Å². The molecule has 3 aromatic rings. The highest BCUT2D eigenvalue weighted by Crippen LogP contribution is 2.17. The zero-order valence-corrected chi connectivity index (χ0v) is 14.4. The van der Waals surface area contributed by atoms with Gasteiger partial charge in [-0.3, -0.25) is 10.1 Å². The van der Waals surface area contributed by atoms with Gasteiger partial charge in [-0.25, -0.2) is 4.68 Å². The van der Waals surface area contributed by atoms with E-state index in [1.807, 2.05) is 13.8 Å². The fraction of sp³-hybridized carbons (Fsp3) is 0.417. The van der Waals surface area contributed by atoms with E-state index < -0.39 is 0 Å². The highest BCUT2D eigenvalue weighted by Gasteiger charge is 2.19. The normalized spacial score (nSPS) is 10.9. The van der Waals surface area contributed by atoms with Crippen molar-refractivity contribution in [3.63, 3.8) is 0 Å². The summed E-state index contributed by atoms with van der Waals surface area (Å²) in [6, 6.07) is 0. The fourth-order valence-corrected chi connectivity index (χ4v) is 3.09. The molecule has 0 unspecified atom stereocenters. The molecule has 0 fully saturated rings. The summed E-state index contributed by atoms with van der Waals surface area (Å²) in [4.78, 5) is 12.3. The van der Waals surface area contributed by atoms with Crippen LogP contribution in [0.3, 0.4) is 0 Å². The lowest BCUT2D eigenvalue weighted by molar-refractivity contribution is 0.102. The smallest absolute Gasteiger partial charge is 0.279 e. The minimum absolute atomic E-state index is 0.263. The number of rotatable bonds is 5. The maximum Gasteiger partial charge on any atom is 0.279 e. The molecule has 0 aliphatic rings. The molecule has 0 atom stereocenters. The summed E-state index contributed by atoms with van der Waals surface area (Å²) in [5, 5.41) is 19.9. The van der Waals surface area contributed by atoms with Gasteiger partial charge in [0.1, 0.15) is 5.01 Å². The van der Waals surface area contributed by atoms with Crippen LogP contribution in [0.2, 0.25) is 0 Å². The number of anilines is 1. The molecule has 3 rings (SSSR count). The van der Waals surface area contributed by atoms with E-state index in [9.17, 15) is 4.79 Å². The molecule has 23 heavy (non-hydrogen) atoms. The number of carbonyl (C=O) groups excluding carboxylic acids is 1. The Kier molecular flexibility index (Phi) is 4.39. The monoisotopic (exact) mass is 350 g/mol. The van der Waals surface area contributed by atoms with Crippen LogP contribution in [0.15, 0.2) is 0 Å². The van der Waals surface area contributed by atoms with Gasteiger partial charge in [0.15, 0.2) is 5.69 Å². The van der Waals surface area contributed by atoms with Crippen LogP contribution in [-0.4, -0.2) is 39.8 Å². The van der Waals surface area contributed by atoms with Crippen molar-refractivity contribution in [2.75, 3.05) is 5.32 Å². The Hall–Kier alpha value is -2.27. The Morgan fingerprint density at radius 1 is 1.22 bits per heavy atom. The van der Waals surface area contributed by atoms with Crippen LogP contribution >= 0.6 is 23.1 Å². The summed E-state index contributed by atoms with van der Waals surface area (Å²) in [5.74, 6) is -0.347. The van der Waals surface area contributed by atoms with Crippen molar-refractivity contribution in [1.82, 2.24) is 33.9 Å². The first-order valence-electron chi connectivity index (χ1n) is 6.90. The van der Waals surface area contributed by atoms with Gasteiger partial charge in [-0.05, 0) is 20.3 Å². The topological polar surface area (TPSA) is 111 Å². The molecule has 1 N–H and O–H groups in total. The SMILES string of the molecule is CCc1nnc(NC(=O)c2nnn(Cc3nsnc3C)c2C)s1. The van der Waals surface area contributed by atoms with Gasteiger partial charge in [0.25, 0.3) is 5.91 Å². The molecule has 0 saturated heterocycles. The lowest BCUT2D eigenvalue weighted by atomic mass is 10.3. The van der Waals surface area contributed by atoms with Crippen LogP contribution in [0.5, 0.6) is 0 Å². The quantitative estimate of drug-likeness (QED) is 0.741. The van der Waals surface area contributed by atoms with Crippen molar-refractivity contribution < 1.29 is 4.79 Å². The summed E-state index contributed by atoms with van der Waals surface area (Å²) >= 11 is 2.50. The predicted octanol–water partition coefficient (Wildman–Crippen LogP) is 1.46. The molecule has 0 aliphatic carbocycles. The second kappa shape index (κ2) is 6.46. The third-order valence-corrected chi connectivity index (χ3v) is 4.87. The number of nitrogens with zero attached hydrogens (tertiary/aromatic N) is 7. The van der Waals surface area contributed by atoms with E-state index in [0.29, 0.717) is 17.4 Å². The Bertz CT molecular complexity index is 836. The predicted molar refractivity (Wildman–Crippen MR) is 85.7 cm³/mol. The third-order valence-electron chi connectivity index (χ3n) is 3.23. The van der Waals surface area contributed by atoms with E-state index in [1.54, 1.807) is 11.6 Å². The maximum atomic E-state index is 12.3. The Labute approximate surface area is 140 Å². The van der Waals surface area contributed by atoms with Crippen LogP contribution in [0.25, 0.3) is 0 Å². The van der Waals surface area contributed by atoms with Gasteiger partial charge in [0.05, 0.1) is 35.4 Å². The van der Waals surface area contributed by atoms with Crippen molar-refractivity contribution in [3.05, 3.63) is 27.8 Å². The van der Waals surface area contributed by atoms with Crippen LogP contribution in [-0.2, 0) is 13.0 Å². The van der Waals surface area contributed by atoms with Crippen LogP contribution in [0.1, 0.15) is 39.5 Å². The van der Waals surface area contributed by atoms with Crippen molar-refractivity contribution in [3.8, 4) is 0 Å². The molecule has 0 spiro atoms. The Balaban J connectivity index is 1.75. The Morgan fingerprint density at radius 3 is 2.70 bits per heavy atom. The van der Waals surface area contributed by atoms with Crippen molar-refractivity contribution in [2.24, 2.45) is 0 Å². The molecule has 120 valence electrons. The van der Waals surface area contributed by atoms with Crippen LogP contribution in [0.4, 0.5) is 5.13 Å². The summed E-state index contributed by atoms with van der Waals surface area (Å²) in [5.41, 5.74) is 2.61. The van der Waals surface area contributed by atoms with E-state index in [4.69, 9.17) is 0 Å². The van der Waals surface area contributed by atoms with Crippen molar-refractivity contribution in [1.29, 1.82) is 0 Å². The van der Waals surface area contributed by atoms with Gasteiger partial charge in [-0.15, -0.1) is 15.3 Å². The van der Waals surface area contributed by atoms with Gasteiger partial charge in [-0.2, -0.15) is 8.75 Å². The number of amides is 1. The van der Waals surface area contributed by atoms with Gasteiger partial charge in [0.2, 0.25) is 5.13 Å². The number of hydrogen-bond donors (Lipinski definition) is 1. The second-order valence-electron chi connectivity index (χ2n) is 4.79. The highest BCUT2D eigenvalue weighted by molar-refractivity contribution is 7.15. The second-order valence-corrected chi connectivity index (χ2v) is 6.38. The fourth-order valence-electron chi connectivity index (χ4n) is 1.86. The largest absolute Gasteiger partial charge is 0.295 e. The van der Waals surface area contributed by atoms with Crippen LogP contribution in [0, 0.1) is 13.8 Å². The van der Waals surface area contributed by atoms with Gasteiger partial charge >= 0.3 is 0 Å². The van der Waals surface area contributed by atoms with Crippen molar-refractivity contribution in [2.45, 2.75) is 33.7 Å². The number of aryl methyl sites for hydroxylation is 2. The van der Waals surface area contributed by atoms with E-state index in [1.165, 1.54) is 11.3 Å². The molecule has 3 heterocycles. The Morgan fingerprint density at radius 2 is 2.04 bits per heavy atom. The molecule has 0 aliphatic heterocycles. The summed E-state index contributed by atoms with van der Waals surface area (Å²) in [6.07, 6.45) is 0.782. The number of carbonyl (C=O) groups is 1. The first-order valence-corrected chi connectivity index (χ1v) is 8.45. The van der Waals surface area contributed by atoms with E-state index in [-0.39, 0.29) is 11.6 Å². The molecule has 11 heteroatoms. The molecule has 0 aromatic carbocycles. The zero-order chi connectivity index (χ0) is 16.4. The number of hydrogen-bond acceptors (Lipinski definition) is 9. The summed E-state index contributed by atoms with van der Waals surface area (Å²) < 4.78 is 9.97. The lowest BCUT2D eigenvalue weighted by Crippen LogP contribution is -2.14. The maximum absolute atomic E-state index is 12.3. The zero-order valence-electron chi connectivity index (χ0n) is 12.8. The lowest BCUT2D eigenvalue weighted by Gasteiger charge is -2.02. The number of aromatic nitrogens is 7. The molecule has 9 nitrogen and oxygen atoms in total. The highest BCUT2D eigenvalue weighted by atomic mass is 32.1. The minimum atomic E-state index is -0.347. The molecule has 0 saturated carbocycles. The molecule has 3 aromatic heterocycles. The van der Waals surface area contributed by atoms with E-state index in [0.717, 1.165) is 34.5 Å². The van der Waals surface area contributed by atoms with E-state index >= 15 is 0 Å². The van der Waals surface area contributed by atoms with Gasteiger partial charge in [0, 0.05) is 0 Å². The molecule has 0 radical (unpaired) electrons. The summed E-state index contributed by atoms with van der Waals surface area (Å²) in [7, 11) is 0. The first kappa shape index (κ1) is 15.6. The molecule has 1 amide bonds. The number of nitrogens with one attached hydrogen (secondary N) is 1. The first-order chi connectivity index (χ1) is 11.1. The standard InChI is InChI=1S/C12H14N8OS2/c1-4-9-14-16-12(22-9)13-11(21)10-7(3)20(19-15-10)5-8-6(2)17-23-18-8/h4-5H2,1-3H3,(H,13,16,21). The van der Waals surface area contributed by atoms with Gasteiger partial charge in [-0.1, -0.05) is 23.5 Å². The van der Waals surface area contributed by atoms with Gasteiger partial charge < -0.3 is 0 Å². The van der Waals surface area contributed by atoms with E-state index in [2.05, 4.69) is 34.6 Å². The minimum Gasteiger partial charge on any atom is -0.295 e. The molecule has 0 bridgehead atoms. The third kappa shape index (κ3) is 3.24. The average Bonchev–Trinajstić information content (AvgIpc) is 3.23. The molecular formula is C12H14N8OS2. The summed E-state index contributed by atoms with van der Waals surface area (Å²) in [6.45, 7) is 6.10.